The molecule has 5 nitrogen and oxygen atoms in total. The van der Waals surface area contributed by atoms with Crippen molar-refractivity contribution in [2.75, 3.05) is 0 Å². The predicted molar refractivity (Wildman–Crippen MR) is 90.2 cm³/mol. The van der Waals surface area contributed by atoms with E-state index in [4.69, 9.17) is 0 Å². The van der Waals surface area contributed by atoms with E-state index in [1.165, 1.54) is 12.1 Å². The molecule has 0 saturated carbocycles. The summed E-state index contributed by atoms with van der Waals surface area (Å²) in [7, 11) is 0. The van der Waals surface area contributed by atoms with Gasteiger partial charge in [0, 0.05) is 24.2 Å². The van der Waals surface area contributed by atoms with Crippen LogP contribution in [0.25, 0.3) is 16.9 Å². The predicted octanol–water partition coefficient (Wildman–Crippen LogP) is 3.78. The van der Waals surface area contributed by atoms with Crippen LogP contribution in [0, 0.1) is 0 Å². The van der Waals surface area contributed by atoms with Gasteiger partial charge in [-0.15, -0.1) is 0 Å². The molecule has 0 aliphatic rings. The second kappa shape index (κ2) is 6.62. The molecule has 2 aromatic heterocycles. The van der Waals surface area contributed by atoms with E-state index < -0.39 is 17.8 Å². The Balaban J connectivity index is 2.06. The van der Waals surface area contributed by atoms with Crippen molar-refractivity contribution < 1.29 is 18.0 Å². The van der Waals surface area contributed by atoms with Crippen molar-refractivity contribution in [1.82, 2.24) is 19.7 Å². The van der Waals surface area contributed by atoms with E-state index in [0.717, 1.165) is 18.2 Å². The summed E-state index contributed by atoms with van der Waals surface area (Å²) in [5.41, 5.74) is 1.25. The average Bonchev–Trinajstić information content (AvgIpc) is 3.08. The van der Waals surface area contributed by atoms with E-state index >= 15 is 0 Å². The third-order valence-corrected chi connectivity index (χ3v) is 3.87. The molecule has 0 radical (unpaired) electrons. The average molecular weight is 360 g/mol. The molecule has 2 heterocycles. The number of amides is 1. The standard InChI is InChI=1S/C18H15F3N4O/c1-3-15(26)23-11(2)14-10-25-9-8-22-17(25)16(24-14)12-4-6-13(7-5-12)18(19,20)21/h3-11H,1H2,2H3,(H,23,26). The van der Waals surface area contributed by atoms with Gasteiger partial charge in [0.15, 0.2) is 5.65 Å². The first kappa shape index (κ1) is 17.7. The Labute approximate surface area is 147 Å². The highest BCUT2D eigenvalue weighted by atomic mass is 19.4. The summed E-state index contributed by atoms with van der Waals surface area (Å²) in [6, 6.07) is 4.31. The molecule has 0 aliphatic carbocycles. The molecule has 8 heteroatoms. The van der Waals surface area contributed by atoms with Gasteiger partial charge in [-0.1, -0.05) is 18.7 Å². The first-order chi connectivity index (χ1) is 12.3. The molecular formula is C18H15F3N4O. The van der Waals surface area contributed by atoms with Crippen molar-refractivity contribution >= 4 is 11.6 Å². The third kappa shape index (κ3) is 3.44. The highest BCUT2D eigenvalue weighted by Gasteiger charge is 2.30. The number of hydrogen-bond acceptors (Lipinski definition) is 3. The number of carbonyl (C=O) groups is 1. The second-order valence-electron chi connectivity index (χ2n) is 5.68. The Morgan fingerprint density at radius 3 is 2.62 bits per heavy atom. The fraction of sp³-hybridized carbons (Fsp3) is 0.167. The molecule has 0 fully saturated rings. The lowest BCUT2D eigenvalue weighted by Crippen LogP contribution is -2.25. The molecule has 1 amide bonds. The number of alkyl halides is 3. The monoisotopic (exact) mass is 360 g/mol. The molecule has 0 aliphatic heterocycles. The number of aromatic nitrogens is 3. The topological polar surface area (TPSA) is 59.3 Å². The molecule has 3 rings (SSSR count). The molecule has 0 bridgehead atoms. The van der Waals surface area contributed by atoms with Gasteiger partial charge in [-0.3, -0.25) is 4.79 Å². The summed E-state index contributed by atoms with van der Waals surface area (Å²) >= 11 is 0. The molecule has 1 aromatic carbocycles. The van der Waals surface area contributed by atoms with E-state index in [1.807, 2.05) is 0 Å². The van der Waals surface area contributed by atoms with E-state index in [1.54, 1.807) is 29.9 Å². The van der Waals surface area contributed by atoms with Gasteiger partial charge in [-0.25, -0.2) is 9.97 Å². The molecule has 26 heavy (non-hydrogen) atoms. The minimum absolute atomic E-state index is 0.346. The van der Waals surface area contributed by atoms with Gasteiger partial charge in [0.25, 0.3) is 0 Å². The number of nitrogens with zero attached hydrogens (tertiary/aromatic N) is 3. The summed E-state index contributed by atoms with van der Waals surface area (Å²) in [4.78, 5) is 20.2. The normalized spacial score (nSPS) is 12.8. The molecular weight excluding hydrogens is 345 g/mol. The third-order valence-electron chi connectivity index (χ3n) is 3.87. The fourth-order valence-corrected chi connectivity index (χ4v) is 2.52. The number of fused-ring (bicyclic) bond motifs is 1. The Morgan fingerprint density at radius 1 is 1.31 bits per heavy atom. The van der Waals surface area contributed by atoms with Crippen molar-refractivity contribution in [2.45, 2.75) is 19.1 Å². The van der Waals surface area contributed by atoms with Gasteiger partial charge in [-0.05, 0) is 25.1 Å². The van der Waals surface area contributed by atoms with Gasteiger partial charge in [0.05, 0.1) is 17.3 Å². The van der Waals surface area contributed by atoms with Crippen LogP contribution >= 0.6 is 0 Å². The zero-order valence-corrected chi connectivity index (χ0v) is 13.8. The first-order valence-electron chi connectivity index (χ1n) is 7.74. The highest BCUT2D eigenvalue weighted by Crippen LogP contribution is 2.31. The van der Waals surface area contributed by atoms with Crippen LogP contribution in [-0.2, 0) is 11.0 Å². The Morgan fingerprint density at radius 2 is 2.00 bits per heavy atom. The molecule has 0 spiro atoms. The highest BCUT2D eigenvalue weighted by molar-refractivity contribution is 5.87. The summed E-state index contributed by atoms with van der Waals surface area (Å²) in [6.45, 7) is 5.16. The zero-order valence-electron chi connectivity index (χ0n) is 13.8. The van der Waals surface area contributed by atoms with Gasteiger partial charge in [0.2, 0.25) is 5.91 Å². The maximum atomic E-state index is 12.8. The minimum atomic E-state index is -4.40. The van der Waals surface area contributed by atoms with Crippen LogP contribution in [0.2, 0.25) is 0 Å². The molecule has 3 aromatic rings. The lowest BCUT2D eigenvalue weighted by molar-refractivity contribution is -0.137. The van der Waals surface area contributed by atoms with Gasteiger partial charge >= 0.3 is 6.18 Å². The number of imidazole rings is 1. The van der Waals surface area contributed by atoms with E-state index in [0.29, 0.717) is 22.6 Å². The largest absolute Gasteiger partial charge is 0.416 e. The van der Waals surface area contributed by atoms with Crippen molar-refractivity contribution in [3.8, 4) is 11.3 Å². The number of nitrogens with one attached hydrogen (secondary N) is 1. The van der Waals surface area contributed by atoms with Crippen LogP contribution < -0.4 is 5.32 Å². The van der Waals surface area contributed by atoms with E-state index in [9.17, 15) is 18.0 Å². The van der Waals surface area contributed by atoms with Gasteiger partial charge in [-0.2, -0.15) is 13.2 Å². The van der Waals surface area contributed by atoms with Crippen molar-refractivity contribution in [1.29, 1.82) is 0 Å². The Bertz CT molecular complexity index is 961. The summed E-state index contributed by atoms with van der Waals surface area (Å²) in [5, 5.41) is 2.71. The zero-order chi connectivity index (χ0) is 18.9. The summed E-state index contributed by atoms with van der Waals surface area (Å²) in [6.07, 6.45) is 1.74. The quantitative estimate of drug-likeness (QED) is 0.721. The SMILES string of the molecule is C=CC(=O)NC(C)c1cn2ccnc2c(-c2ccc(C(F)(F)F)cc2)n1. The van der Waals surface area contributed by atoms with Crippen LogP contribution in [0.5, 0.6) is 0 Å². The molecule has 1 atom stereocenters. The summed E-state index contributed by atoms with van der Waals surface area (Å²) < 4.78 is 40.0. The van der Waals surface area contributed by atoms with Gasteiger partial charge < -0.3 is 9.72 Å². The van der Waals surface area contributed by atoms with Gasteiger partial charge in [0.1, 0.15) is 5.69 Å². The maximum absolute atomic E-state index is 12.8. The van der Waals surface area contributed by atoms with Crippen LogP contribution in [0.4, 0.5) is 13.2 Å². The van der Waals surface area contributed by atoms with Crippen molar-refractivity contribution in [3.05, 3.63) is 66.8 Å². The smallest absolute Gasteiger partial charge is 0.344 e. The van der Waals surface area contributed by atoms with Crippen molar-refractivity contribution in [2.24, 2.45) is 0 Å². The molecule has 1 unspecified atom stereocenters. The van der Waals surface area contributed by atoms with E-state index in [-0.39, 0.29) is 5.91 Å². The van der Waals surface area contributed by atoms with E-state index in [2.05, 4.69) is 21.9 Å². The van der Waals surface area contributed by atoms with Crippen LogP contribution in [0.1, 0.15) is 24.2 Å². The number of hydrogen-bond donors (Lipinski definition) is 1. The van der Waals surface area contributed by atoms with Crippen LogP contribution in [0.15, 0.2) is 55.5 Å². The lowest BCUT2D eigenvalue weighted by Gasteiger charge is -2.15. The number of rotatable bonds is 4. The lowest BCUT2D eigenvalue weighted by atomic mass is 10.1. The van der Waals surface area contributed by atoms with Crippen LogP contribution in [-0.4, -0.2) is 20.3 Å². The van der Waals surface area contributed by atoms with Crippen LogP contribution in [0.3, 0.4) is 0 Å². The van der Waals surface area contributed by atoms with Crippen molar-refractivity contribution in [3.63, 3.8) is 0 Å². The Hall–Kier alpha value is -3.16. The molecule has 134 valence electrons. The number of halogens is 3. The first-order valence-corrected chi connectivity index (χ1v) is 7.74. The minimum Gasteiger partial charge on any atom is -0.344 e. The molecule has 1 N–H and O–H groups in total. The number of carbonyl (C=O) groups excluding carboxylic acids is 1. The maximum Gasteiger partial charge on any atom is 0.416 e. The summed E-state index contributed by atoms with van der Waals surface area (Å²) in [5.74, 6) is -0.346. The second-order valence-corrected chi connectivity index (χ2v) is 5.68. The Kier molecular flexibility index (Phi) is 4.50. The number of benzene rings is 1. The molecule has 0 saturated heterocycles. The fourth-order valence-electron chi connectivity index (χ4n) is 2.52.